The zero-order valence-corrected chi connectivity index (χ0v) is 16.9. The normalized spacial score (nSPS) is 15.9. The number of ether oxygens (including phenoxy) is 1. The van der Waals surface area contributed by atoms with Gasteiger partial charge in [-0.3, -0.25) is 4.79 Å². The molecule has 1 aliphatic heterocycles. The van der Waals surface area contributed by atoms with E-state index in [2.05, 4.69) is 0 Å². The number of halogens is 4. The maximum atomic E-state index is 13.9. The Bertz CT molecular complexity index is 1050. The third-order valence-corrected chi connectivity index (χ3v) is 6.77. The molecule has 1 aromatic carbocycles. The van der Waals surface area contributed by atoms with E-state index in [4.69, 9.17) is 16.3 Å². The van der Waals surface area contributed by atoms with Crippen LogP contribution >= 0.6 is 11.6 Å². The largest absolute Gasteiger partial charge is 0.409 e. The summed E-state index contributed by atoms with van der Waals surface area (Å²) in [6, 6.07) is 4.40. The smallest absolute Gasteiger partial charge is 0.373 e. The number of alkyl halides is 3. The van der Waals surface area contributed by atoms with E-state index in [1.54, 1.807) is 0 Å². The molecule has 0 bridgehead atoms. The van der Waals surface area contributed by atoms with Crippen molar-refractivity contribution in [2.24, 2.45) is 0 Å². The van der Waals surface area contributed by atoms with Gasteiger partial charge in [0.05, 0.1) is 18.1 Å². The van der Waals surface area contributed by atoms with Crippen molar-refractivity contribution in [3.63, 3.8) is 0 Å². The maximum absolute atomic E-state index is 13.9. The fraction of sp³-hybridized carbons (Fsp3) is 0.389. The van der Waals surface area contributed by atoms with Crippen molar-refractivity contribution < 1.29 is 26.3 Å². The molecule has 3 rings (SSSR count). The molecule has 0 saturated heterocycles. The molecule has 0 spiro atoms. The number of pyridine rings is 1. The van der Waals surface area contributed by atoms with Crippen LogP contribution in [0.5, 0.6) is 0 Å². The van der Waals surface area contributed by atoms with E-state index in [1.165, 1.54) is 29.7 Å². The second-order valence-electron chi connectivity index (χ2n) is 6.43. The fourth-order valence-electron chi connectivity index (χ4n) is 3.27. The lowest BCUT2D eigenvalue weighted by molar-refractivity contribution is -0.173. The molecule has 0 aliphatic carbocycles. The average Bonchev–Trinajstić information content (AvgIpc) is 2.66. The number of rotatable bonds is 5. The Balaban J connectivity index is 2.12. The van der Waals surface area contributed by atoms with Gasteiger partial charge in [0.1, 0.15) is 6.04 Å². The standard InChI is InChI=1S/C18H18ClF3N2O4S/c1-2-24(17(18(20,21)22)12-3-5-13(19)6-4-12)29(26,27)15-9-14-11-28-8-7-23(14)16(25)10-15/h3-6,9-10,17H,2,7-8,11H2,1H3/t17-/m1/s1. The lowest BCUT2D eigenvalue weighted by Crippen LogP contribution is -2.43. The Labute approximate surface area is 170 Å². The van der Waals surface area contributed by atoms with Crippen molar-refractivity contribution in [3.05, 3.63) is 63.0 Å². The molecule has 0 unspecified atom stereocenters. The van der Waals surface area contributed by atoms with Crippen molar-refractivity contribution in [3.8, 4) is 0 Å². The molecule has 6 nitrogen and oxygen atoms in total. The lowest BCUT2D eigenvalue weighted by Gasteiger charge is -2.32. The highest BCUT2D eigenvalue weighted by Crippen LogP contribution is 2.40. The lowest BCUT2D eigenvalue weighted by atomic mass is 10.1. The highest BCUT2D eigenvalue weighted by Gasteiger charge is 2.48. The Kier molecular flexibility index (Phi) is 6.09. The summed E-state index contributed by atoms with van der Waals surface area (Å²) in [6.07, 6.45) is -4.89. The minimum absolute atomic E-state index is 0.00457. The van der Waals surface area contributed by atoms with Gasteiger partial charge in [-0.15, -0.1) is 0 Å². The van der Waals surface area contributed by atoms with E-state index >= 15 is 0 Å². The van der Waals surface area contributed by atoms with Gasteiger partial charge in [-0.25, -0.2) is 8.42 Å². The van der Waals surface area contributed by atoms with Gasteiger partial charge in [-0.2, -0.15) is 17.5 Å². The molecular formula is C18H18ClF3N2O4S. The third kappa shape index (κ3) is 4.35. The number of fused-ring (bicyclic) bond motifs is 1. The van der Waals surface area contributed by atoms with Crippen LogP contribution in [0.1, 0.15) is 24.2 Å². The first-order valence-corrected chi connectivity index (χ1v) is 10.5. The molecule has 1 atom stereocenters. The van der Waals surface area contributed by atoms with Gasteiger partial charge in [0.25, 0.3) is 5.56 Å². The maximum Gasteiger partial charge on any atom is 0.409 e. The summed E-state index contributed by atoms with van der Waals surface area (Å²) in [5.74, 6) is 0. The summed E-state index contributed by atoms with van der Waals surface area (Å²) in [5, 5.41) is 0.225. The van der Waals surface area contributed by atoms with E-state index in [-0.39, 0.29) is 23.7 Å². The summed E-state index contributed by atoms with van der Waals surface area (Å²) in [7, 11) is -4.64. The van der Waals surface area contributed by atoms with Crippen molar-refractivity contribution >= 4 is 21.6 Å². The molecule has 0 saturated carbocycles. The minimum Gasteiger partial charge on any atom is -0.373 e. The van der Waals surface area contributed by atoms with Gasteiger partial charge in [-0.05, 0) is 23.8 Å². The van der Waals surface area contributed by atoms with Gasteiger partial charge in [-0.1, -0.05) is 30.7 Å². The Morgan fingerprint density at radius 3 is 2.48 bits per heavy atom. The average molecular weight is 451 g/mol. The van der Waals surface area contributed by atoms with E-state index < -0.39 is 39.2 Å². The quantitative estimate of drug-likeness (QED) is 0.700. The van der Waals surface area contributed by atoms with Crippen LogP contribution in [0.25, 0.3) is 0 Å². The van der Waals surface area contributed by atoms with Crippen LogP contribution in [-0.2, 0) is 27.9 Å². The molecule has 29 heavy (non-hydrogen) atoms. The van der Waals surface area contributed by atoms with Crippen LogP contribution in [0.4, 0.5) is 13.2 Å². The number of aromatic nitrogens is 1. The Hall–Kier alpha value is -1.88. The third-order valence-electron chi connectivity index (χ3n) is 4.60. The van der Waals surface area contributed by atoms with Gasteiger partial charge in [0.2, 0.25) is 10.0 Å². The fourth-order valence-corrected chi connectivity index (χ4v) is 5.06. The Morgan fingerprint density at radius 2 is 1.90 bits per heavy atom. The summed E-state index contributed by atoms with van der Waals surface area (Å²) in [4.78, 5) is 11.8. The zero-order valence-electron chi connectivity index (χ0n) is 15.3. The van der Waals surface area contributed by atoms with Gasteiger partial charge >= 0.3 is 6.18 Å². The number of sulfonamides is 1. The number of hydrogen-bond acceptors (Lipinski definition) is 4. The summed E-state index contributed by atoms with van der Waals surface area (Å²) < 4.78 is 74.9. The highest BCUT2D eigenvalue weighted by atomic mass is 35.5. The van der Waals surface area contributed by atoms with Gasteiger partial charge < -0.3 is 9.30 Å². The monoisotopic (exact) mass is 450 g/mol. The van der Waals surface area contributed by atoms with Crippen LogP contribution in [0, 0.1) is 0 Å². The van der Waals surface area contributed by atoms with Crippen molar-refractivity contribution in [1.29, 1.82) is 0 Å². The number of nitrogens with zero attached hydrogens (tertiary/aromatic N) is 2. The SMILES string of the molecule is CCN([C@H](c1ccc(Cl)cc1)C(F)(F)F)S(=O)(=O)c1cc2n(c(=O)c1)CCOC2. The van der Waals surface area contributed by atoms with Crippen LogP contribution in [0.2, 0.25) is 5.02 Å². The predicted octanol–water partition coefficient (Wildman–Crippen LogP) is 3.35. The van der Waals surface area contributed by atoms with Crippen LogP contribution in [0.3, 0.4) is 0 Å². The predicted molar refractivity (Wildman–Crippen MR) is 100 cm³/mol. The van der Waals surface area contributed by atoms with E-state index in [0.717, 1.165) is 18.2 Å². The summed E-state index contributed by atoms with van der Waals surface area (Å²) >= 11 is 5.75. The first-order valence-electron chi connectivity index (χ1n) is 8.71. The molecule has 2 heterocycles. The van der Waals surface area contributed by atoms with E-state index in [9.17, 15) is 26.4 Å². The summed E-state index contributed by atoms with van der Waals surface area (Å²) in [6.45, 7) is 1.41. The second kappa shape index (κ2) is 8.10. The minimum atomic E-state index is -4.89. The number of hydrogen-bond donors (Lipinski definition) is 0. The molecule has 1 aliphatic rings. The van der Waals surface area contributed by atoms with Gasteiger partial charge in [0.15, 0.2) is 0 Å². The number of benzene rings is 1. The van der Waals surface area contributed by atoms with Crippen molar-refractivity contribution in [2.75, 3.05) is 13.2 Å². The first-order chi connectivity index (χ1) is 13.6. The second-order valence-corrected chi connectivity index (χ2v) is 8.76. The molecule has 0 amide bonds. The highest BCUT2D eigenvalue weighted by molar-refractivity contribution is 7.89. The Morgan fingerprint density at radius 1 is 1.24 bits per heavy atom. The zero-order chi connectivity index (χ0) is 21.4. The van der Waals surface area contributed by atoms with E-state index in [1.807, 2.05) is 0 Å². The molecule has 1 aromatic heterocycles. The first kappa shape index (κ1) is 21.8. The molecule has 158 valence electrons. The molecule has 2 aromatic rings. The molecule has 0 N–H and O–H groups in total. The van der Waals surface area contributed by atoms with Crippen LogP contribution in [0.15, 0.2) is 46.1 Å². The molecule has 0 radical (unpaired) electrons. The molecule has 11 heteroatoms. The van der Waals surface area contributed by atoms with E-state index in [0.29, 0.717) is 16.6 Å². The van der Waals surface area contributed by atoms with Crippen LogP contribution in [-0.4, -0.2) is 36.6 Å². The molecular weight excluding hydrogens is 433 g/mol. The van der Waals surface area contributed by atoms with Crippen LogP contribution < -0.4 is 5.56 Å². The molecule has 0 fully saturated rings. The van der Waals surface area contributed by atoms with Crippen molar-refractivity contribution in [1.82, 2.24) is 8.87 Å². The van der Waals surface area contributed by atoms with Crippen molar-refractivity contribution in [2.45, 2.75) is 37.2 Å². The summed E-state index contributed by atoms with van der Waals surface area (Å²) in [5.41, 5.74) is -0.575. The van der Waals surface area contributed by atoms with Gasteiger partial charge in [0, 0.05) is 29.9 Å². The topological polar surface area (TPSA) is 68.6 Å².